The van der Waals surface area contributed by atoms with Crippen LogP contribution >= 0.6 is 0 Å². The largest absolute Gasteiger partial charge is 0.508 e. The molecule has 0 aliphatic carbocycles. The van der Waals surface area contributed by atoms with Gasteiger partial charge in [-0.1, -0.05) is 18.2 Å². The highest BCUT2D eigenvalue weighted by Gasteiger charge is 2.18. The Labute approximate surface area is 123 Å². The topological polar surface area (TPSA) is 86.8 Å². The fraction of sp³-hybridized carbons (Fsp3) is 0.188. The van der Waals surface area contributed by atoms with E-state index < -0.39 is 0 Å². The minimum absolute atomic E-state index is 0.0839. The van der Waals surface area contributed by atoms with Crippen molar-refractivity contribution in [2.75, 3.05) is 12.3 Å². The number of nitrogens with two attached hydrogens (primary N) is 1. The van der Waals surface area contributed by atoms with E-state index in [0.717, 1.165) is 11.6 Å². The molecule has 0 spiro atoms. The van der Waals surface area contributed by atoms with Gasteiger partial charge >= 0.3 is 0 Å². The molecule has 110 valence electrons. The molecule has 2 aromatic carbocycles. The zero-order valence-electron chi connectivity index (χ0n) is 11.8. The van der Waals surface area contributed by atoms with Crippen LogP contribution in [-0.2, 0) is 6.54 Å². The summed E-state index contributed by atoms with van der Waals surface area (Å²) in [4.78, 5) is 14.0. The van der Waals surface area contributed by atoms with Crippen molar-refractivity contribution >= 4 is 11.6 Å². The summed E-state index contributed by atoms with van der Waals surface area (Å²) in [6, 6.07) is 11.3. The molecule has 2 rings (SSSR count). The smallest absolute Gasteiger partial charge is 0.257 e. The van der Waals surface area contributed by atoms with Crippen molar-refractivity contribution in [3.63, 3.8) is 0 Å². The Bertz CT molecular complexity index is 656. The van der Waals surface area contributed by atoms with Crippen LogP contribution in [0.5, 0.6) is 11.5 Å². The molecule has 0 radical (unpaired) electrons. The summed E-state index contributed by atoms with van der Waals surface area (Å²) in [5.74, 6) is -0.628. The number of carbonyl (C=O) groups is 1. The minimum Gasteiger partial charge on any atom is -0.508 e. The Morgan fingerprint density at radius 3 is 2.52 bits per heavy atom. The lowest BCUT2D eigenvalue weighted by atomic mass is 10.1. The molecule has 21 heavy (non-hydrogen) atoms. The first-order valence-corrected chi connectivity index (χ1v) is 6.67. The number of nitrogen functional groups attached to an aromatic ring is 1. The Morgan fingerprint density at radius 1 is 1.19 bits per heavy atom. The van der Waals surface area contributed by atoms with Gasteiger partial charge in [-0.3, -0.25) is 4.79 Å². The van der Waals surface area contributed by atoms with Crippen LogP contribution in [0.2, 0.25) is 0 Å². The molecule has 1 amide bonds. The molecule has 0 atom stereocenters. The molecule has 0 aromatic heterocycles. The second-order valence-corrected chi connectivity index (χ2v) is 4.72. The van der Waals surface area contributed by atoms with Crippen LogP contribution in [0, 0.1) is 0 Å². The van der Waals surface area contributed by atoms with E-state index in [1.165, 1.54) is 12.1 Å². The van der Waals surface area contributed by atoms with Crippen molar-refractivity contribution in [2.45, 2.75) is 13.5 Å². The van der Waals surface area contributed by atoms with Gasteiger partial charge in [0.15, 0.2) is 0 Å². The highest BCUT2D eigenvalue weighted by atomic mass is 16.3. The third-order valence-electron chi connectivity index (χ3n) is 3.30. The van der Waals surface area contributed by atoms with Gasteiger partial charge in [0.05, 0.1) is 5.56 Å². The summed E-state index contributed by atoms with van der Waals surface area (Å²) >= 11 is 0. The number of phenols is 2. The average Bonchev–Trinajstić information content (AvgIpc) is 2.46. The first-order valence-electron chi connectivity index (χ1n) is 6.67. The van der Waals surface area contributed by atoms with E-state index in [0.29, 0.717) is 18.8 Å². The Morgan fingerprint density at radius 2 is 1.90 bits per heavy atom. The van der Waals surface area contributed by atoms with Crippen molar-refractivity contribution < 1.29 is 15.0 Å². The Balaban J connectivity index is 2.25. The molecule has 0 aliphatic rings. The Hall–Kier alpha value is -2.69. The van der Waals surface area contributed by atoms with Gasteiger partial charge in [-0.05, 0) is 30.7 Å². The number of benzene rings is 2. The van der Waals surface area contributed by atoms with Gasteiger partial charge < -0.3 is 20.8 Å². The Kier molecular flexibility index (Phi) is 4.33. The van der Waals surface area contributed by atoms with Gasteiger partial charge in [0, 0.05) is 24.8 Å². The lowest BCUT2D eigenvalue weighted by Gasteiger charge is -2.22. The fourth-order valence-electron chi connectivity index (χ4n) is 2.08. The van der Waals surface area contributed by atoms with Crippen molar-refractivity contribution in [3.05, 3.63) is 53.6 Å². The molecule has 0 heterocycles. The number of nitrogens with zero attached hydrogens (tertiary/aromatic N) is 1. The number of aromatic hydroxyl groups is 2. The lowest BCUT2D eigenvalue weighted by molar-refractivity contribution is 0.0750. The number of anilines is 1. The molecule has 2 aromatic rings. The van der Waals surface area contributed by atoms with E-state index in [2.05, 4.69) is 0 Å². The molecular formula is C16H18N2O3. The molecule has 0 bridgehead atoms. The molecule has 5 heteroatoms. The van der Waals surface area contributed by atoms with Crippen LogP contribution in [0.25, 0.3) is 0 Å². The quantitative estimate of drug-likeness (QED) is 0.753. The number of amides is 1. The van der Waals surface area contributed by atoms with Crippen LogP contribution in [-0.4, -0.2) is 27.6 Å². The zero-order chi connectivity index (χ0) is 15.4. The van der Waals surface area contributed by atoms with Crippen molar-refractivity contribution in [1.82, 2.24) is 4.90 Å². The summed E-state index contributed by atoms with van der Waals surface area (Å²) in [5, 5.41) is 19.1. The summed E-state index contributed by atoms with van der Waals surface area (Å²) in [7, 11) is 0. The standard InChI is InChI=1S/C16H18N2O3/c1-2-18(10-11-5-3-4-6-14(11)17)16(21)13-8-7-12(19)9-15(13)20/h3-9,19-20H,2,10,17H2,1H3. The van der Waals surface area contributed by atoms with E-state index in [1.807, 2.05) is 25.1 Å². The average molecular weight is 286 g/mol. The zero-order valence-corrected chi connectivity index (χ0v) is 11.8. The highest BCUT2D eigenvalue weighted by Crippen LogP contribution is 2.25. The maximum Gasteiger partial charge on any atom is 0.257 e. The third kappa shape index (κ3) is 3.25. The first-order chi connectivity index (χ1) is 10.0. The summed E-state index contributed by atoms with van der Waals surface area (Å²) in [5.41, 5.74) is 7.52. The second-order valence-electron chi connectivity index (χ2n) is 4.72. The summed E-state index contributed by atoms with van der Waals surface area (Å²) in [6.07, 6.45) is 0. The van der Waals surface area contributed by atoms with Gasteiger partial charge in [-0.2, -0.15) is 0 Å². The predicted octanol–water partition coefficient (Wildman–Crippen LogP) is 2.34. The van der Waals surface area contributed by atoms with E-state index >= 15 is 0 Å². The molecule has 0 fully saturated rings. The monoisotopic (exact) mass is 286 g/mol. The molecule has 0 aliphatic heterocycles. The second kappa shape index (κ2) is 6.17. The number of hydrogen-bond donors (Lipinski definition) is 3. The number of phenolic OH excluding ortho intramolecular Hbond substituents is 2. The normalized spacial score (nSPS) is 10.3. The molecule has 0 unspecified atom stereocenters. The maximum absolute atomic E-state index is 12.5. The van der Waals surface area contributed by atoms with Crippen LogP contribution in [0.1, 0.15) is 22.8 Å². The van der Waals surface area contributed by atoms with Gasteiger partial charge in [0.25, 0.3) is 5.91 Å². The summed E-state index contributed by atoms with van der Waals surface area (Å²) in [6.45, 7) is 2.70. The van der Waals surface area contributed by atoms with Gasteiger partial charge in [-0.25, -0.2) is 0 Å². The van der Waals surface area contributed by atoms with Crippen LogP contribution < -0.4 is 5.73 Å². The highest BCUT2D eigenvalue weighted by molar-refractivity contribution is 5.97. The number of rotatable bonds is 4. The van der Waals surface area contributed by atoms with Gasteiger partial charge in [0.1, 0.15) is 11.5 Å². The number of para-hydroxylation sites is 1. The van der Waals surface area contributed by atoms with Crippen molar-refractivity contribution in [3.8, 4) is 11.5 Å². The van der Waals surface area contributed by atoms with Gasteiger partial charge in [-0.15, -0.1) is 0 Å². The first kappa shape index (κ1) is 14.7. The lowest BCUT2D eigenvalue weighted by Crippen LogP contribution is -2.30. The molecule has 5 nitrogen and oxygen atoms in total. The fourth-order valence-corrected chi connectivity index (χ4v) is 2.08. The van der Waals surface area contributed by atoms with E-state index in [4.69, 9.17) is 5.73 Å². The van der Waals surface area contributed by atoms with Crippen LogP contribution in [0.15, 0.2) is 42.5 Å². The van der Waals surface area contributed by atoms with Crippen LogP contribution in [0.3, 0.4) is 0 Å². The van der Waals surface area contributed by atoms with Crippen LogP contribution in [0.4, 0.5) is 5.69 Å². The number of hydrogen-bond acceptors (Lipinski definition) is 4. The van der Waals surface area contributed by atoms with Crippen molar-refractivity contribution in [2.24, 2.45) is 0 Å². The molecule has 4 N–H and O–H groups in total. The third-order valence-corrected chi connectivity index (χ3v) is 3.30. The number of carbonyl (C=O) groups excluding carboxylic acids is 1. The van der Waals surface area contributed by atoms with E-state index in [1.54, 1.807) is 11.0 Å². The van der Waals surface area contributed by atoms with E-state index in [9.17, 15) is 15.0 Å². The predicted molar refractivity (Wildman–Crippen MR) is 81.0 cm³/mol. The molecular weight excluding hydrogens is 268 g/mol. The maximum atomic E-state index is 12.5. The SMILES string of the molecule is CCN(Cc1ccccc1N)C(=O)c1ccc(O)cc1O. The molecule has 0 saturated heterocycles. The van der Waals surface area contributed by atoms with Gasteiger partial charge in [0.2, 0.25) is 0 Å². The van der Waals surface area contributed by atoms with E-state index in [-0.39, 0.29) is 23.0 Å². The minimum atomic E-state index is -0.307. The summed E-state index contributed by atoms with van der Waals surface area (Å²) < 4.78 is 0. The molecule has 0 saturated carbocycles. The van der Waals surface area contributed by atoms with Crippen molar-refractivity contribution in [1.29, 1.82) is 0 Å².